The Kier molecular flexibility index (Phi) is 8.12. The monoisotopic (exact) mass is 585 g/mol. The van der Waals surface area contributed by atoms with Gasteiger partial charge in [0.05, 0.1) is 5.69 Å². The molecule has 1 heterocycles. The Morgan fingerprint density at radius 1 is 0.762 bits per heavy atom. The number of aromatic nitrogens is 1. The van der Waals surface area contributed by atoms with Crippen LogP contribution in [0.1, 0.15) is 26.7 Å². The molecule has 0 bridgehead atoms. The number of carbonyl (C=O) groups excluding carboxylic acids is 2. The molecular formula is C35H27N3O2S2. The highest BCUT2D eigenvalue weighted by atomic mass is 32.2. The average molecular weight is 586 g/mol. The zero-order valence-corrected chi connectivity index (χ0v) is 24.4. The number of fused-ring (bicyclic) bond motifs is 1. The third-order valence-corrected chi connectivity index (χ3v) is 8.79. The highest BCUT2D eigenvalue weighted by Gasteiger charge is 2.23. The Labute approximate surface area is 252 Å². The lowest BCUT2D eigenvalue weighted by molar-refractivity contribution is -0.115. The maximum absolute atomic E-state index is 13.7. The fourth-order valence-corrected chi connectivity index (χ4v) is 6.38. The van der Waals surface area contributed by atoms with E-state index in [0.717, 1.165) is 32.7 Å². The lowest BCUT2D eigenvalue weighted by Gasteiger charge is -2.17. The van der Waals surface area contributed by atoms with Crippen LogP contribution in [0.5, 0.6) is 0 Å². The summed E-state index contributed by atoms with van der Waals surface area (Å²) >= 11 is 2.83. The first-order chi connectivity index (χ1) is 20.5. The second kappa shape index (κ2) is 12.4. The van der Waals surface area contributed by atoms with Crippen LogP contribution in [0.25, 0.3) is 22.0 Å². The quantitative estimate of drug-likeness (QED) is 0.175. The smallest absolute Gasteiger partial charge is 0.255 e. The van der Waals surface area contributed by atoms with Crippen molar-refractivity contribution in [2.75, 3.05) is 10.6 Å². The van der Waals surface area contributed by atoms with Gasteiger partial charge in [0.2, 0.25) is 5.91 Å². The molecule has 0 aliphatic carbocycles. The number of carbonyl (C=O) groups is 2. The molecule has 0 saturated carbocycles. The third-order valence-electron chi connectivity index (χ3n) is 6.78. The summed E-state index contributed by atoms with van der Waals surface area (Å²) < 4.78 is 0. The van der Waals surface area contributed by atoms with Crippen molar-refractivity contribution >= 4 is 56.5 Å². The molecule has 0 spiro atoms. The third kappa shape index (κ3) is 6.43. The Balaban J connectivity index is 1.20. The number of hydrogen-bond acceptors (Lipinski definition) is 5. The number of nitrogens with one attached hydrogen (secondary N) is 2. The molecule has 0 fully saturated rings. The van der Waals surface area contributed by atoms with E-state index in [1.165, 1.54) is 28.5 Å². The molecular weight excluding hydrogens is 559 g/mol. The van der Waals surface area contributed by atoms with E-state index < -0.39 is 5.25 Å². The SMILES string of the molecule is Cc1ccc(C(=O)Nc2cccc(SC(C(=O)Nc3nc(-c4ccc5ccccc5c4)cs3)c3ccccc3)c2)cc1. The largest absolute Gasteiger partial charge is 0.322 e. The summed E-state index contributed by atoms with van der Waals surface area (Å²) in [6.45, 7) is 1.99. The van der Waals surface area contributed by atoms with Crippen LogP contribution >= 0.6 is 23.1 Å². The first-order valence-electron chi connectivity index (χ1n) is 13.5. The van der Waals surface area contributed by atoms with Gasteiger partial charge in [0, 0.05) is 27.1 Å². The number of thioether (sulfide) groups is 1. The summed E-state index contributed by atoms with van der Waals surface area (Å²) in [6, 6.07) is 39.1. The second-order valence-corrected chi connectivity index (χ2v) is 11.9. The van der Waals surface area contributed by atoms with Gasteiger partial charge >= 0.3 is 0 Å². The molecule has 1 aromatic heterocycles. The molecule has 2 N–H and O–H groups in total. The van der Waals surface area contributed by atoms with Crippen molar-refractivity contribution in [3.05, 3.63) is 143 Å². The normalized spacial score (nSPS) is 11.6. The Morgan fingerprint density at radius 2 is 1.52 bits per heavy atom. The predicted octanol–water partition coefficient (Wildman–Crippen LogP) is 9.00. The first-order valence-corrected chi connectivity index (χ1v) is 15.2. The van der Waals surface area contributed by atoms with Crippen LogP contribution in [0.4, 0.5) is 10.8 Å². The molecule has 5 nitrogen and oxygen atoms in total. The van der Waals surface area contributed by atoms with Gasteiger partial charge < -0.3 is 10.6 Å². The molecule has 7 heteroatoms. The zero-order chi connectivity index (χ0) is 28.9. The van der Waals surface area contributed by atoms with E-state index in [1.807, 2.05) is 103 Å². The van der Waals surface area contributed by atoms with Gasteiger partial charge in [0.1, 0.15) is 5.25 Å². The first kappa shape index (κ1) is 27.4. The Bertz CT molecular complexity index is 1870. The van der Waals surface area contributed by atoms with Crippen LogP contribution in [-0.4, -0.2) is 16.8 Å². The van der Waals surface area contributed by atoms with E-state index in [1.54, 1.807) is 0 Å². The molecule has 2 amide bonds. The van der Waals surface area contributed by atoms with Crippen LogP contribution < -0.4 is 10.6 Å². The zero-order valence-electron chi connectivity index (χ0n) is 22.8. The van der Waals surface area contributed by atoms with Gasteiger partial charge in [-0.2, -0.15) is 0 Å². The van der Waals surface area contributed by atoms with Gasteiger partial charge in [-0.1, -0.05) is 90.5 Å². The number of hydrogen-bond donors (Lipinski definition) is 2. The highest BCUT2D eigenvalue weighted by Crippen LogP contribution is 2.38. The van der Waals surface area contributed by atoms with Crippen LogP contribution in [0, 0.1) is 6.92 Å². The van der Waals surface area contributed by atoms with Gasteiger partial charge in [0.25, 0.3) is 5.91 Å². The fourth-order valence-electron chi connectivity index (χ4n) is 4.58. The van der Waals surface area contributed by atoms with Crippen molar-refractivity contribution in [2.24, 2.45) is 0 Å². The summed E-state index contributed by atoms with van der Waals surface area (Å²) in [5, 5.41) is 10.3. The Morgan fingerprint density at radius 3 is 2.33 bits per heavy atom. The summed E-state index contributed by atoms with van der Waals surface area (Å²) in [6.07, 6.45) is 0. The van der Waals surface area contributed by atoms with E-state index in [0.29, 0.717) is 16.4 Å². The minimum Gasteiger partial charge on any atom is -0.322 e. The molecule has 6 rings (SSSR count). The lowest BCUT2D eigenvalue weighted by Crippen LogP contribution is -2.19. The maximum atomic E-state index is 13.7. The molecule has 0 aliphatic rings. The van der Waals surface area contributed by atoms with Gasteiger partial charge in [0.15, 0.2) is 5.13 Å². The second-order valence-electron chi connectivity index (χ2n) is 9.85. The fraction of sp³-hybridized carbons (Fsp3) is 0.0571. The van der Waals surface area contributed by atoms with Crippen molar-refractivity contribution in [1.29, 1.82) is 0 Å². The number of benzene rings is 5. The topological polar surface area (TPSA) is 71.1 Å². The van der Waals surface area contributed by atoms with E-state index >= 15 is 0 Å². The molecule has 0 saturated heterocycles. The predicted molar refractivity (Wildman–Crippen MR) is 174 cm³/mol. The van der Waals surface area contributed by atoms with Gasteiger partial charge in [-0.3, -0.25) is 9.59 Å². The number of nitrogens with zero attached hydrogens (tertiary/aromatic N) is 1. The molecule has 42 heavy (non-hydrogen) atoms. The van der Waals surface area contributed by atoms with Crippen LogP contribution in [-0.2, 0) is 4.79 Å². The molecule has 6 aromatic rings. The van der Waals surface area contributed by atoms with Gasteiger partial charge in [-0.15, -0.1) is 23.1 Å². The molecule has 206 valence electrons. The van der Waals surface area contributed by atoms with Crippen molar-refractivity contribution in [2.45, 2.75) is 17.1 Å². The number of thiazole rings is 1. The minimum absolute atomic E-state index is 0.167. The van der Waals surface area contributed by atoms with E-state index in [4.69, 9.17) is 4.98 Å². The lowest BCUT2D eigenvalue weighted by atomic mass is 10.1. The van der Waals surface area contributed by atoms with E-state index in [9.17, 15) is 9.59 Å². The van der Waals surface area contributed by atoms with Crippen molar-refractivity contribution < 1.29 is 9.59 Å². The highest BCUT2D eigenvalue weighted by molar-refractivity contribution is 8.00. The molecule has 0 radical (unpaired) electrons. The minimum atomic E-state index is -0.526. The van der Waals surface area contributed by atoms with Gasteiger partial charge in [-0.25, -0.2) is 4.98 Å². The molecule has 5 aromatic carbocycles. The van der Waals surface area contributed by atoms with Gasteiger partial charge in [-0.05, 0) is 59.7 Å². The number of rotatable bonds is 8. The van der Waals surface area contributed by atoms with Crippen molar-refractivity contribution in [3.8, 4) is 11.3 Å². The number of amides is 2. The Hall–Kier alpha value is -4.72. The van der Waals surface area contributed by atoms with E-state index in [-0.39, 0.29) is 11.8 Å². The summed E-state index contributed by atoms with van der Waals surface area (Å²) in [5.74, 6) is -0.347. The van der Waals surface area contributed by atoms with Crippen LogP contribution in [0.2, 0.25) is 0 Å². The summed E-state index contributed by atoms with van der Waals surface area (Å²) in [7, 11) is 0. The average Bonchev–Trinajstić information content (AvgIpc) is 3.49. The maximum Gasteiger partial charge on any atom is 0.255 e. The standard InChI is InChI=1S/C35H27N3O2S2/c1-23-14-16-26(17-15-23)33(39)36-29-12-7-13-30(21-29)42-32(25-9-3-2-4-10-25)34(40)38-35-37-31(22-41-35)28-19-18-24-8-5-6-11-27(24)20-28/h2-22,32H,1H3,(H,36,39)(H,37,38,40). The molecule has 0 aliphatic heterocycles. The van der Waals surface area contributed by atoms with E-state index in [2.05, 4.69) is 41.0 Å². The van der Waals surface area contributed by atoms with Crippen LogP contribution in [0.3, 0.4) is 0 Å². The van der Waals surface area contributed by atoms with Crippen molar-refractivity contribution in [3.63, 3.8) is 0 Å². The summed E-state index contributed by atoms with van der Waals surface area (Å²) in [4.78, 5) is 32.0. The number of aryl methyl sites for hydroxylation is 1. The van der Waals surface area contributed by atoms with Crippen molar-refractivity contribution in [1.82, 2.24) is 4.98 Å². The van der Waals surface area contributed by atoms with Crippen LogP contribution in [0.15, 0.2) is 132 Å². The molecule has 1 atom stereocenters. The summed E-state index contributed by atoms with van der Waals surface area (Å²) in [5.41, 5.74) is 5.05. The number of anilines is 2. The molecule has 1 unspecified atom stereocenters.